The summed E-state index contributed by atoms with van der Waals surface area (Å²) in [4.78, 5) is 1.15. The highest BCUT2D eigenvalue weighted by atomic mass is 32.2. The zero-order chi connectivity index (χ0) is 14.2. The Morgan fingerprint density at radius 3 is 2.38 bits per heavy atom. The Kier molecular flexibility index (Phi) is 2.26. The van der Waals surface area contributed by atoms with Gasteiger partial charge in [-0.1, -0.05) is 35.4 Å². The summed E-state index contributed by atoms with van der Waals surface area (Å²) in [5.74, 6) is 2.09. The average molecular weight is 298 g/mol. The first-order valence-corrected chi connectivity index (χ1v) is 9.40. The first-order valence-electron chi connectivity index (χ1n) is 7.92. The van der Waals surface area contributed by atoms with E-state index in [0.29, 0.717) is 21.6 Å². The summed E-state index contributed by atoms with van der Waals surface area (Å²) in [6.45, 7) is 0. The second-order valence-corrected chi connectivity index (χ2v) is 8.85. The van der Waals surface area contributed by atoms with Gasteiger partial charge in [0.1, 0.15) is 0 Å². The van der Waals surface area contributed by atoms with E-state index in [-0.39, 0.29) is 5.92 Å². The molecular weight excluding hydrogens is 280 g/mol. The van der Waals surface area contributed by atoms with Crippen molar-refractivity contribution in [3.63, 3.8) is 0 Å². The molecule has 1 saturated carbocycles. The molecule has 21 heavy (non-hydrogen) atoms. The number of hydrogen-bond donors (Lipinski definition) is 0. The second kappa shape index (κ2) is 3.89. The first-order chi connectivity index (χ1) is 10.2. The topological polar surface area (TPSA) is 34.1 Å². The Bertz CT molecular complexity index is 786. The molecule has 0 saturated heterocycles. The molecule has 1 aromatic rings. The molecule has 1 aromatic carbocycles. The lowest BCUT2D eigenvalue weighted by Crippen LogP contribution is -2.17. The Hall–Kier alpha value is -1.35. The number of sulfone groups is 1. The monoisotopic (exact) mass is 298 g/mol. The van der Waals surface area contributed by atoms with Crippen LogP contribution in [0.3, 0.4) is 0 Å². The normalized spacial score (nSPS) is 36.3. The fraction of sp³-hybridized carbons (Fsp3) is 0.444. The molecule has 0 heterocycles. The van der Waals surface area contributed by atoms with Crippen molar-refractivity contribution in [1.82, 2.24) is 0 Å². The van der Waals surface area contributed by atoms with Gasteiger partial charge in [0.05, 0.1) is 9.80 Å². The number of fused-ring (bicyclic) bond motifs is 8. The highest BCUT2D eigenvalue weighted by molar-refractivity contribution is 7.95. The third-order valence-electron chi connectivity index (χ3n) is 5.98. The lowest BCUT2D eigenvalue weighted by molar-refractivity contribution is 0.548. The molecule has 0 spiro atoms. The SMILES string of the molecule is O=S(=O)(C1=C[C@@H]2C[C@@H]1C1=C2[C@@H]2CC[C@@H]1C2)c1ccccc1. The van der Waals surface area contributed by atoms with Crippen molar-refractivity contribution >= 4 is 9.84 Å². The minimum absolute atomic E-state index is 0.200. The highest BCUT2D eigenvalue weighted by Gasteiger charge is 2.53. The molecule has 0 radical (unpaired) electrons. The molecule has 0 aromatic heterocycles. The molecule has 4 aliphatic rings. The van der Waals surface area contributed by atoms with Gasteiger partial charge in [0.25, 0.3) is 0 Å². The minimum Gasteiger partial charge on any atom is -0.219 e. The molecule has 5 rings (SSSR count). The van der Waals surface area contributed by atoms with Crippen LogP contribution in [0.15, 0.2) is 57.4 Å². The van der Waals surface area contributed by atoms with Gasteiger partial charge in [-0.15, -0.1) is 0 Å². The number of allylic oxidation sites excluding steroid dienone is 4. The van der Waals surface area contributed by atoms with Crippen molar-refractivity contribution in [2.24, 2.45) is 23.7 Å². The van der Waals surface area contributed by atoms with Crippen molar-refractivity contribution in [1.29, 1.82) is 0 Å². The van der Waals surface area contributed by atoms with E-state index in [0.717, 1.165) is 12.3 Å². The van der Waals surface area contributed by atoms with Crippen molar-refractivity contribution in [2.75, 3.05) is 0 Å². The van der Waals surface area contributed by atoms with E-state index in [4.69, 9.17) is 0 Å². The molecule has 0 aliphatic heterocycles. The second-order valence-electron chi connectivity index (χ2n) is 6.90. The maximum Gasteiger partial charge on any atom is 0.203 e. The highest BCUT2D eigenvalue weighted by Crippen LogP contribution is 2.64. The third kappa shape index (κ3) is 1.45. The third-order valence-corrected chi connectivity index (χ3v) is 7.92. The van der Waals surface area contributed by atoms with Crippen LogP contribution in [0.4, 0.5) is 0 Å². The molecule has 4 atom stereocenters. The molecular formula is C18H18O2S. The van der Waals surface area contributed by atoms with E-state index in [1.165, 1.54) is 24.8 Å². The maximum absolute atomic E-state index is 12.9. The van der Waals surface area contributed by atoms with Gasteiger partial charge < -0.3 is 0 Å². The predicted octanol–water partition coefficient (Wildman–Crippen LogP) is 3.72. The standard InChI is InChI=1S/C18H18O2S/c19-21(20,14-4-2-1-3-5-14)16-10-13-9-15(16)18-12-7-6-11(8-12)17(13)18/h1-5,10-13,15H,6-9H2/t11-,12-,13+,15+/m1/s1. The van der Waals surface area contributed by atoms with E-state index >= 15 is 0 Å². The van der Waals surface area contributed by atoms with Crippen LogP contribution < -0.4 is 0 Å². The molecule has 2 nitrogen and oxygen atoms in total. The Labute approximate surface area is 125 Å². The quantitative estimate of drug-likeness (QED) is 0.616. The van der Waals surface area contributed by atoms with E-state index in [1.807, 2.05) is 18.2 Å². The van der Waals surface area contributed by atoms with E-state index in [9.17, 15) is 8.42 Å². The molecule has 4 aliphatic carbocycles. The van der Waals surface area contributed by atoms with Crippen LogP contribution in [-0.2, 0) is 9.84 Å². The minimum atomic E-state index is -3.30. The van der Waals surface area contributed by atoms with Gasteiger partial charge in [0.15, 0.2) is 0 Å². The zero-order valence-corrected chi connectivity index (χ0v) is 12.6. The fourth-order valence-corrected chi connectivity index (χ4v) is 7.01. The largest absolute Gasteiger partial charge is 0.219 e. The molecule has 0 N–H and O–H groups in total. The fourth-order valence-electron chi connectivity index (χ4n) is 5.28. The lowest BCUT2D eigenvalue weighted by Gasteiger charge is -2.24. The first kappa shape index (κ1) is 12.2. The number of hydrogen-bond acceptors (Lipinski definition) is 2. The van der Waals surface area contributed by atoms with Crippen LogP contribution >= 0.6 is 0 Å². The summed E-state index contributed by atoms with van der Waals surface area (Å²) in [5, 5.41) is 0. The van der Waals surface area contributed by atoms with Crippen LogP contribution in [0.1, 0.15) is 25.7 Å². The molecule has 3 heteroatoms. The van der Waals surface area contributed by atoms with Crippen LogP contribution in [-0.4, -0.2) is 8.42 Å². The van der Waals surface area contributed by atoms with Crippen molar-refractivity contribution in [3.8, 4) is 0 Å². The Balaban J connectivity index is 1.58. The summed E-state index contributed by atoms with van der Waals surface area (Å²) < 4.78 is 25.9. The molecule has 1 fully saturated rings. The molecule has 0 amide bonds. The summed E-state index contributed by atoms with van der Waals surface area (Å²) in [6.07, 6.45) is 7.02. The number of benzene rings is 1. The van der Waals surface area contributed by atoms with Crippen LogP contribution in [0, 0.1) is 23.7 Å². The van der Waals surface area contributed by atoms with Gasteiger partial charge in [-0.05, 0) is 49.7 Å². The van der Waals surface area contributed by atoms with Crippen LogP contribution in [0.5, 0.6) is 0 Å². The van der Waals surface area contributed by atoms with Crippen LogP contribution in [0.25, 0.3) is 0 Å². The smallest absolute Gasteiger partial charge is 0.203 e. The summed E-state index contributed by atoms with van der Waals surface area (Å²) in [7, 11) is -3.30. The summed E-state index contributed by atoms with van der Waals surface area (Å²) >= 11 is 0. The van der Waals surface area contributed by atoms with E-state index < -0.39 is 9.84 Å². The van der Waals surface area contributed by atoms with E-state index in [1.54, 1.807) is 17.7 Å². The van der Waals surface area contributed by atoms with Crippen molar-refractivity contribution in [3.05, 3.63) is 52.5 Å². The Morgan fingerprint density at radius 2 is 1.62 bits per heavy atom. The average Bonchev–Trinajstić information content (AvgIpc) is 3.26. The molecule has 0 unspecified atom stereocenters. The van der Waals surface area contributed by atoms with Crippen molar-refractivity contribution < 1.29 is 8.42 Å². The van der Waals surface area contributed by atoms with Crippen LogP contribution in [0.2, 0.25) is 0 Å². The van der Waals surface area contributed by atoms with E-state index in [2.05, 4.69) is 6.08 Å². The van der Waals surface area contributed by atoms with Gasteiger partial charge >= 0.3 is 0 Å². The van der Waals surface area contributed by atoms with Crippen molar-refractivity contribution in [2.45, 2.75) is 30.6 Å². The molecule has 4 bridgehead atoms. The summed E-state index contributed by atoms with van der Waals surface area (Å²) in [5.41, 5.74) is 3.18. The van der Waals surface area contributed by atoms with Gasteiger partial charge in [-0.25, -0.2) is 8.42 Å². The molecule has 108 valence electrons. The Morgan fingerprint density at radius 1 is 0.905 bits per heavy atom. The van der Waals surface area contributed by atoms with Gasteiger partial charge in [0, 0.05) is 11.8 Å². The van der Waals surface area contributed by atoms with Gasteiger partial charge in [-0.2, -0.15) is 0 Å². The van der Waals surface area contributed by atoms with Gasteiger partial charge in [-0.3, -0.25) is 0 Å². The predicted molar refractivity (Wildman–Crippen MR) is 81.2 cm³/mol. The van der Waals surface area contributed by atoms with Gasteiger partial charge in [0.2, 0.25) is 9.84 Å². The maximum atomic E-state index is 12.9. The number of rotatable bonds is 2. The summed E-state index contributed by atoms with van der Waals surface area (Å²) in [6, 6.07) is 8.92. The zero-order valence-electron chi connectivity index (χ0n) is 11.8. The lowest BCUT2D eigenvalue weighted by atomic mass is 9.85.